The zero-order chi connectivity index (χ0) is 20.4. The van der Waals surface area contributed by atoms with Gasteiger partial charge in [0, 0.05) is 25.7 Å². The Morgan fingerprint density at radius 3 is 2.72 bits per heavy atom. The van der Waals surface area contributed by atoms with Gasteiger partial charge in [0.1, 0.15) is 12.4 Å². The molecule has 1 saturated carbocycles. The number of rotatable bonds is 5. The maximum absolute atomic E-state index is 14.5. The summed E-state index contributed by atoms with van der Waals surface area (Å²) in [7, 11) is 1.96. The fraction of sp³-hybridized carbons (Fsp3) is 0.545. The van der Waals surface area contributed by atoms with E-state index in [-0.39, 0.29) is 30.1 Å². The highest BCUT2D eigenvalue weighted by molar-refractivity contribution is 5.44. The van der Waals surface area contributed by atoms with E-state index >= 15 is 0 Å². The molecule has 1 unspecified atom stereocenters. The van der Waals surface area contributed by atoms with Gasteiger partial charge in [-0.2, -0.15) is 4.98 Å². The largest absolute Gasteiger partial charge is 0.487 e. The van der Waals surface area contributed by atoms with Crippen molar-refractivity contribution in [1.82, 2.24) is 9.55 Å². The van der Waals surface area contributed by atoms with Crippen LogP contribution in [0.5, 0.6) is 11.6 Å². The minimum Gasteiger partial charge on any atom is -0.487 e. The van der Waals surface area contributed by atoms with Crippen molar-refractivity contribution in [2.45, 2.75) is 70.7 Å². The Morgan fingerprint density at radius 2 is 1.97 bits per heavy atom. The maximum atomic E-state index is 14.5. The summed E-state index contributed by atoms with van der Waals surface area (Å²) < 4.78 is 27.6. The third-order valence-corrected chi connectivity index (χ3v) is 5.99. The quantitative estimate of drug-likeness (QED) is 0.761. The summed E-state index contributed by atoms with van der Waals surface area (Å²) in [5.74, 6) is 0.955. The lowest BCUT2D eigenvalue weighted by Gasteiger charge is -2.34. The van der Waals surface area contributed by atoms with Crippen molar-refractivity contribution in [2.24, 2.45) is 0 Å². The van der Waals surface area contributed by atoms with Gasteiger partial charge < -0.3 is 14.4 Å². The number of hydrogen-bond acceptors (Lipinski definition) is 5. The number of hydrogen-bond donors (Lipinski definition) is 0. The average Bonchev–Trinajstić information content (AvgIpc) is 2.72. The lowest BCUT2D eigenvalue weighted by molar-refractivity contribution is 0.148. The minimum atomic E-state index is -0.385. The van der Waals surface area contributed by atoms with Gasteiger partial charge >= 0.3 is 5.69 Å². The van der Waals surface area contributed by atoms with Crippen LogP contribution in [0, 0.1) is 5.82 Å². The zero-order valence-electron chi connectivity index (χ0n) is 17.1. The van der Waals surface area contributed by atoms with Crippen LogP contribution in [0.3, 0.4) is 0 Å². The molecule has 156 valence electrons. The van der Waals surface area contributed by atoms with Gasteiger partial charge in [0.25, 0.3) is 0 Å². The normalized spacial score (nSPS) is 19.7. The van der Waals surface area contributed by atoms with Crippen LogP contribution in [0.25, 0.3) is 0 Å². The molecular weight excluding hydrogens is 373 g/mol. The molecule has 1 aromatic carbocycles. The molecule has 0 bridgehead atoms. The highest BCUT2D eigenvalue weighted by atomic mass is 19.1. The number of fused-ring (bicyclic) bond motifs is 1. The van der Waals surface area contributed by atoms with Gasteiger partial charge in [0.05, 0.1) is 6.10 Å². The van der Waals surface area contributed by atoms with Gasteiger partial charge in [-0.3, -0.25) is 4.57 Å². The van der Waals surface area contributed by atoms with Crippen molar-refractivity contribution in [3.05, 3.63) is 46.1 Å². The van der Waals surface area contributed by atoms with Crippen molar-refractivity contribution < 1.29 is 13.9 Å². The van der Waals surface area contributed by atoms with E-state index in [0.29, 0.717) is 23.9 Å². The highest BCUT2D eigenvalue weighted by Crippen LogP contribution is 2.27. The van der Waals surface area contributed by atoms with E-state index in [9.17, 15) is 9.18 Å². The molecule has 0 spiro atoms. The van der Waals surface area contributed by atoms with Crippen LogP contribution < -0.4 is 20.1 Å². The lowest BCUT2D eigenvalue weighted by Crippen LogP contribution is -2.41. The second kappa shape index (κ2) is 8.43. The first kappa shape index (κ1) is 19.7. The molecule has 1 aromatic heterocycles. The third-order valence-electron chi connectivity index (χ3n) is 5.99. The van der Waals surface area contributed by atoms with E-state index in [0.717, 1.165) is 37.9 Å². The molecule has 2 heterocycles. The standard InChI is InChI=1S/C22H28FN3O3/c1-15-10-11-26-21(25(15)2)13-20(24-22(26)27)28-14-16-8-9-19(18(23)12-16)29-17-6-4-3-5-7-17/h8-9,12-13,15,17H,3-7,10-11,14H2,1-2H3. The second-order valence-corrected chi connectivity index (χ2v) is 8.07. The molecule has 0 N–H and O–H groups in total. The molecular formula is C22H28FN3O3. The van der Waals surface area contributed by atoms with Gasteiger partial charge in [-0.1, -0.05) is 12.5 Å². The number of nitrogens with zero attached hydrogens (tertiary/aromatic N) is 3. The smallest absolute Gasteiger partial charge is 0.352 e. The number of anilines is 1. The first-order chi connectivity index (χ1) is 14.0. The Balaban J connectivity index is 1.43. The Bertz CT molecular complexity index is 924. The minimum absolute atomic E-state index is 0.104. The predicted molar refractivity (Wildman–Crippen MR) is 109 cm³/mol. The molecule has 4 rings (SSSR count). The molecule has 1 atom stereocenters. The predicted octanol–water partition coefficient (Wildman–Crippen LogP) is 3.90. The molecule has 0 amide bonds. The van der Waals surface area contributed by atoms with Crippen LogP contribution in [0.1, 0.15) is 51.0 Å². The Kier molecular flexibility index (Phi) is 5.74. The third kappa shape index (κ3) is 4.38. The summed E-state index contributed by atoms with van der Waals surface area (Å²) in [6.07, 6.45) is 6.48. The van der Waals surface area contributed by atoms with Gasteiger partial charge in [0.2, 0.25) is 5.88 Å². The highest BCUT2D eigenvalue weighted by Gasteiger charge is 2.22. The lowest BCUT2D eigenvalue weighted by atomic mass is 9.98. The summed E-state index contributed by atoms with van der Waals surface area (Å²) in [6.45, 7) is 2.91. The first-order valence-electron chi connectivity index (χ1n) is 10.4. The van der Waals surface area contributed by atoms with E-state index in [1.165, 1.54) is 12.5 Å². The number of ether oxygens (including phenoxy) is 2. The average molecular weight is 401 g/mol. The maximum Gasteiger partial charge on any atom is 0.352 e. The van der Waals surface area contributed by atoms with Gasteiger partial charge in [-0.25, -0.2) is 9.18 Å². The molecule has 7 heteroatoms. The van der Waals surface area contributed by atoms with Gasteiger partial charge in [0.15, 0.2) is 11.6 Å². The molecule has 29 heavy (non-hydrogen) atoms. The van der Waals surface area contributed by atoms with Crippen molar-refractivity contribution in [3.63, 3.8) is 0 Å². The van der Waals surface area contributed by atoms with E-state index < -0.39 is 0 Å². The number of halogens is 1. The summed E-state index contributed by atoms with van der Waals surface area (Å²) >= 11 is 0. The second-order valence-electron chi connectivity index (χ2n) is 8.07. The van der Waals surface area contributed by atoms with E-state index in [1.54, 1.807) is 22.8 Å². The van der Waals surface area contributed by atoms with Gasteiger partial charge in [-0.05, 0) is 56.7 Å². The summed E-state index contributed by atoms with van der Waals surface area (Å²) in [5.41, 5.74) is 0.346. The SMILES string of the molecule is CC1CCn2c(cc(OCc3ccc(OC4CCCCC4)c(F)c3)nc2=O)N1C. The van der Waals surface area contributed by atoms with Crippen LogP contribution in [0.2, 0.25) is 0 Å². The fourth-order valence-electron chi connectivity index (χ4n) is 4.03. The van der Waals surface area contributed by atoms with E-state index in [1.807, 2.05) is 7.05 Å². The molecule has 2 aliphatic rings. The van der Waals surface area contributed by atoms with Crippen LogP contribution in [0.15, 0.2) is 29.1 Å². The fourth-order valence-corrected chi connectivity index (χ4v) is 4.03. The van der Waals surface area contributed by atoms with Crippen LogP contribution in [-0.4, -0.2) is 28.7 Å². The molecule has 1 fully saturated rings. The van der Waals surface area contributed by atoms with E-state index in [4.69, 9.17) is 9.47 Å². The monoisotopic (exact) mass is 401 g/mol. The summed E-state index contributed by atoms with van der Waals surface area (Å²) in [5, 5.41) is 0. The van der Waals surface area contributed by atoms with Crippen molar-refractivity contribution >= 4 is 5.82 Å². The molecule has 0 saturated heterocycles. The number of benzene rings is 1. The van der Waals surface area contributed by atoms with Crippen molar-refractivity contribution in [2.75, 3.05) is 11.9 Å². The van der Waals surface area contributed by atoms with Crippen LogP contribution in [-0.2, 0) is 13.2 Å². The summed E-state index contributed by atoms with van der Waals surface area (Å²) in [4.78, 5) is 18.4. The van der Waals surface area contributed by atoms with Crippen LogP contribution >= 0.6 is 0 Å². The number of aromatic nitrogens is 2. The Morgan fingerprint density at radius 1 is 1.17 bits per heavy atom. The van der Waals surface area contributed by atoms with E-state index in [2.05, 4.69) is 16.8 Å². The molecule has 0 radical (unpaired) electrons. The van der Waals surface area contributed by atoms with Gasteiger partial charge in [-0.15, -0.1) is 0 Å². The van der Waals surface area contributed by atoms with Crippen molar-refractivity contribution in [3.8, 4) is 11.6 Å². The van der Waals surface area contributed by atoms with Crippen LogP contribution in [0.4, 0.5) is 10.2 Å². The summed E-state index contributed by atoms with van der Waals surface area (Å²) in [6, 6.07) is 7.00. The molecule has 2 aromatic rings. The molecule has 6 nitrogen and oxygen atoms in total. The zero-order valence-corrected chi connectivity index (χ0v) is 17.1. The van der Waals surface area contributed by atoms with Crippen molar-refractivity contribution in [1.29, 1.82) is 0 Å². The topological polar surface area (TPSA) is 56.6 Å². The molecule has 1 aliphatic heterocycles. The Labute approximate surface area is 170 Å². The Hall–Kier alpha value is -2.57. The molecule has 1 aliphatic carbocycles. The first-order valence-corrected chi connectivity index (χ1v) is 10.4.